The first-order valence-electron chi connectivity index (χ1n) is 10.4. The highest BCUT2D eigenvalue weighted by Crippen LogP contribution is 2.32. The molecule has 1 aromatic carbocycles. The Morgan fingerprint density at radius 2 is 1.82 bits per heavy atom. The minimum Gasteiger partial charge on any atom is -0.368 e. The highest BCUT2D eigenvalue weighted by molar-refractivity contribution is 8.26. The molecule has 2 aliphatic rings. The Labute approximate surface area is 205 Å². The second-order valence-corrected chi connectivity index (χ2v) is 9.89. The number of halogens is 1. The van der Waals surface area contributed by atoms with Crippen LogP contribution < -0.4 is 15.4 Å². The molecule has 0 saturated carbocycles. The number of thiocarbonyl (C=S) groups is 1. The summed E-state index contributed by atoms with van der Waals surface area (Å²) in [4.78, 5) is 37.1. The second-order valence-electron chi connectivity index (χ2n) is 7.78. The lowest BCUT2D eigenvalue weighted by molar-refractivity contribution is -0.121. The van der Waals surface area contributed by atoms with Gasteiger partial charge < -0.3 is 9.80 Å². The summed E-state index contributed by atoms with van der Waals surface area (Å²) in [5, 5.41) is 0.703. The van der Waals surface area contributed by atoms with Gasteiger partial charge in [0, 0.05) is 50.1 Å². The average Bonchev–Trinajstić information content (AvgIpc) is 3.07. The minimum absolute atomic E-state index is 0.209. The molecule has 0 bridgehead atoms. The Balaban J connectivity index is 1.53. The Kier molecular flexibility index (Phi) is 5.86. The zero-order valence-corrected chi connectivity index (χ0v) is 20.2. The van der Waals surface area contributed by atoms with E-state index in [2.05, 4.69) is 9.80 Å². The van der Waals surface area contributed by atoms with Crippen LogP contribution >= 0.6 is 35.6 Å². The zero-order valence-electron chi connectivity index (χ0n) is 17.8. The fourth-order valence-electron chi connectivity index (χ4n) is 3.98. The lowest BCUT2D eigenvalue weighted by Crippen LogP contribution is -2.47. The van der Waals surface area contributed by atoms with E-state index in [9.17, 15) is 9.59 Å². The molecule has 7 nitrogen and oxygen atoms in total. The van der Waals surface area contributed by atoms with E-state index >= 15 is 0 Å². The lowest BCUT2D eigenvalue weighted by atomic mass is 10.2. The number of fused-ring (bicyclic) bond motifs is 1. The molecule has 4 heterocycles. The summed E-state index contributed by atoms with van der Waals surface area (Å²) in [6.45, 7) is 2.87. The van der Waals surface area contributed by atoms with Crippen LogP contribution in [0.5, 0.6) is 0 Å². The van der Waals surface area contributed by atoms with E-state index in [1.54, 1.807) is 25.4 Å². The number of pyridine rings is 1. The Morgan fingerprint density at radius 3 is 2.52 bits per heavy atom. The molecule has 2 saturated heterocycles. The van der Waals surface area contributed by atoms with Crippen LogP contribution in [0.1, 0.15) is 5.56 Å². The summed E-state index contributed by atoms with van der Waals surface area (Å²) in [6.07, 6.45) is 3.32. The van der Waals surface area contributed by atoms with Gasteiger partial charge >= 0.3 is 0 Å². The predicted molar refractivity (Wildman–Crippen MR) is 138 cm³/mol. The van der Waals surface area contributed by atoms with Crippen molar-refractivity contribution in [3.8, 4) is 0 Å². The molecule has 5 rings (SSSR count). The van der Waals surface area contributed by atoms with Crippen molar-refractivity contribution in [2.75, 3.05) is 43.0 Å². The number of thioether (sulfide) groups is 1. The quantitative estimate of drug-likeness (QED) is 0.405. The third-order valence-electron chi connectivity index (χ3n) is 5.76. The van der Waals surface area contributed by atoms with Crippen molar-refractivity contribution in [3.63, 3.8) is 0 Å². The number of aromatic nitrogens is 2. The highest BCUT2D eigenvalue weighted by atomic mass is 35.5. The Bertz CT molecular complexity index is 1360. The molecule has 3 aromatic rings. The second kappa shape index (κ2) is 8.81. The van der Waals surface area contributed by atoms with E-state index < -0.39 is 0 Å². The maximum absolute atomic E-state index is 13.4. The van der Waals surface area contributed by atoms with Crippen LogP contribution in [-0.4, -0.2) is 57.7 Å². The number of anilines is 2. The standard InChI is InChI=1S/C23H20ClN5O2S2/c1-26-22(31)18(33-23(26)32)14-17-20(25-19-7-2-3-8-29(19)21(17)30)28-11-9-27(10-12-28)16-6-4-5-15(24)13-16/h2-8,13-14H,9-12H2,1H3/b18-14-. The van der Waals surface area contributed by atoms with E-state index in [0.29, 0.717) is 44.4 Å². The summed E-state index contributed by atoms with van der Waals surface area (Å²) in [5.74, 6) is 0.373. The molecule has 0 aliphatic carbocycles. The number of hydrogen-bond donors (Lipinski definition) is 0. The number of rotatable bonds is 3. The van der Waals surface area contributed by atoms with Crippen molar-refractivity contribution in [3.05, 3.63) is 74.5 Å². The SMILES string of the molecule is CN1C(=O)/C(=C/c2c(N3CCN(c4cccc(Cl)c4)CC3)nc3ccccn3c2=O)SC1=S. The summed E-state index contributed by atoms with van der Waals surface area (Å²) in [6, 6.07) is 13.2. The zero-order chi connectivity index (χ0) is 23.1. The van der Waals surface area contributed by atoms with Gasteiger partial charge in [-0.15, -0.1) is 0 Å². The number of amides is 1. The molecule has 0 radical (unpaired) electrons. The number of piperazine rings is 1. The third-order valence-corrected chi connectivity index (χ3v) is 7.48. The number of benzene rings is 1. The third kappa shape index (κ3) is 4.12. The molecule has 2 aromatic heterocycles. The maximum Gasteiger partial charge on any atom is 0.267 e. The van der Waals surface area contributed by atoms with Crippen molar-refractivity contribution in [1.29, 1.82) is 0 Å². The van der Waals surface area contributed by atoms with Gasteiger partial charge in [-0.25, -0.2) is 4.98 Å². The molecule has 33 heavy (non-hydrogen) atoms. The number of nitrogens with zero attached hydrogens (tertiary/aromatic N) is 5. The van der Waals surface area contributed by atoms with Gasteiger partial charge in [0.25, 0.3) is 11.5 Å². The number of carbonyl (C=O) groups excluding carboxylic acids is 1. The Hall–Kier alpha value is -2.88. The fraction of sp³-hybridized carbons (Fsp3) is 0.217. The first kappa shape index (κ1) is 21.9. The lowest BCUT2D eigenvalue weighted by Gasteiger charge is -2.37. The highest BCUT2D eigenvalue weighted by Gasteiger charge is 2.30. The van der Waals surface area contributed by atoms with Gasteiger partial charge in [0.15, 0.2) is 0 Å². The maximum atomic E-state index is 13.4. The van der Waals surface area contributed by atoms with Gasteiger partial charge in [-0.05, 0) is 36.4 Å². The van der Waals surface area contributed by atoms with E-state index in [1.807, 2.05) is 36.4 Å². The predicted octanol–water partition coefficient (Wildman–Crippen LogP) is 3.51. The summed E-state index contributed by atoms with van der Waals surface area (Å²) < 4.78 is 1.97. The molecule has 0 atom stereocenters. The van der Waals surface area contributed by atoms with Crippen LogP contribution in [0, 0.1) is 0 Å². The van der Waals surface area contributed by atoms with Gasteiger partial charge in [0.2, 0.25) is 0 Å². The van der Waals surface area contributed by atoms with Gasteiger partial charge in [0.1, 0.15) is 15.8 Å². The van der Waals surface area contributed by atoms with Crippen LogP contribution in [0.2, 0.25) is 5.02 Å². The number of carbonyl (C=O) groups is 1. The van der Waals surface area contributed by atoms with Crippen LogP contribution in [0.4, 0.5) is 11.5 Å². The molecule has 0 N–H and O–H groups in total. The molecule has 2 fully saturated rings. The van der Waals surface area contributed by atoms with E-state index in [0.717, 1.165) is 18.8 Å². The van der Waals surface area contributed by atoms with Crippen molar-refractivity contribution < 1.29 is 4.79 Å². The topological polar surface area (TPSA) is 61.2 Å². The van der Waals surface area contributed by atoms with Gasteiger partial charge in [0.05, 0.1) is 10.5 Å². The molecule has 10 heteroatoms. The van der Waals surface area contributed by atoms with Crippen LogP contribution in [0.15, 0.2) is 58.4 Å². The molecular weight excluding hydrogens is 478 g/mol. The molecule has 1 amide bonds. The fourth-order valence-corrected chi connectivity index (χ4v) is 5.33. The first-order chi connectivity index (χ1) is 15.9. The molecule has 2 aliphatic heterocycles. The van der Waals surface area contributed by atoms with Crippen LogP contribution in [-0.2, 0) is 4.79 Å². The van der Waals surface area contributed by atoms with E-state index in [1.165, 1.54) is 21.1 Å². The van der Waals surface area contributed by atoms with Gasteiger partial charge in [-0.1, -0.05) is 47.7 Å². The molecule has 0 unspecified atom stereocenters. The Morgan fingerprint density at radius 1 is 1.06 bits per heavy atom. The number of likely N-dealkylation sites (N-methyl/N-ethyl adjacent to an activating group) is 1. The monoisotopic (exact) mass is 497 g/mol. The molecular formula is C23H20ClN5O2S2. The van der Waals surface area contributed by atoms with Crippen molar-refractivity contribution >= 4 is 69.0 Å². The van der Waals surface area contributed by atoms with Gasteiger partial charge in [-0.3, -0.25) is 18.9 Å². The molecule has 0 spiro atoms. The van der Waals surface area contributed by atoms with Gasteiger partial charge in [-0.2, -0.15) is 0 Å². The van der Waals surface area contributed by atoms with E-state index in [4.69, 9.17) is 28.8 Å². The van der Waals surface area contributed by atoms with Crippen molar-refractivity contribution in [2.24, 2.45) is 0 Å². The van der Waals surface area contributed by atoms with E-state index in [-0.39, 0.29) is 11.5 Å². The summed E-state index contributed by atoms with van der Waals surface area (Å²) in [7, 11) is 1.64. The average molecular weight is 498 g/mol. The smallest absolute Gasteiger partial charge is 0.267 e. The van der Waals surface area contributed by atoms with Crippen LogP contribution in [0.25, 0.3) is 11.7 Å². The first-order valence-corrected chi connectivity index (χ1v) is 12.0. The molecule has 168 valence electrons. The summed E-state index contributed by atoms with van der Waals surface area (Å²) in [5.41, 5.74) is 1.81. The minimum atomic E-state index is -0.214. The van der Waals surface area contributed by atoms with Crippen molar-refractivity contribution in [1.82, 2.24) is 14.3 Å². The van der Waals surface area contributed by atoms with Crippen molar-refractivity contribution in [2.45, 2.75) is 0 Å². The summed E-state index contributed by atoms with van der Waals surface area (Å²) >= 11 is 12.6. The number of hydrogen-bond acceptors (Lipinski definition) is 7. The largest absolute Gasteiger partial charge is 0.368 e. The van der Waals surface area contributed by atoms with Crippen LogP contribution in [0.3, 0.4) is 0 Å². The normalized spacial score (nSPS) is 18.1.